The van der Waals surface area contributed by atoms with Crippen molar-refractivity contribution in [3.05, 3.63) is 35.2 Å². The third-order valence-corrected chi connectivity index (χ3v) is 2.45. The van der Waals surface area contributed by atoms with Gasteiger partial charge in [-0.05, 0) is 29.9 Å². The van der Waals surface area contributed by atoms with Gasteiger partial charge in [-0.15, -0.1) is 0 Å². The second-order valence-electron chi connectivity index (χ2n) is 3.24. The highest BCUT2D eigenvalue weighted by Crippen LogP contribution is 2.24. The van der Waals surface area contributed by atoms with Gasteiger partial charge in [-0.3, -0.25) is 0 Å². The first-order valence-corrected chi connectivity index (χ1v) is 5.11. The third-order valence-electron chi connectivity index (χ3n) is 2.24. The van der Waals surface area contributed by atoms with E-state index < -0.39 is 0 Å². The SMILES string of the molecule is COc1ccc(-c2cnc(=S)[nH]c2N)cc1. The topological polar surface area (TPSA) is 63.9 Å². The molecular weight excluding hydrogens is 222 g/mol. The Kier molecular flexibility index (Phi) is 2.87. The van der Waals surface area contributed by atoms with Crippen LogP contribution in [0, 0.1) is 4.77 Å². The van der Waals surface area contributed by atoms with Crippen LogP contribution in [-0.4, -0.2) is 17.1 Å². The molecule has 0 spiro atoms. The molecule has 0 aliphatic carbocycles. The van der Waals surface area contributed by atoms with Crippen LogP contribution in [-0.2, 0) is 0 Å². The number of nitrogen functional groups attached to an aromatic ring is 1. The van der Waals surface area contributed by atoms with Crippen molar-refractivity contribution in [3.8, 4) is 16.9 Å². The molecule has 1 aromatic carbocycles. The smallest absolute Gasteiger partial charge is 0.198 e. The Morgan fingerprint density at radius 2 is 2.00 bits per heavy atom. The molecule has 0 unspecified atom stereocenters. The summed E-state index contributed by atoms with van der Waals surface area (Å²) in [5, 5.41) is 0. The Hall–Kier alpha value is -1.88. The number of H-pyrrole nitrogens is 1. The zero-order valence-electron chi connectivity index (χ0n) is 8.73. The van der Waals surface area contributed by atoms with Gasteiger partial charge < -0.3 is 15.5 Å². The van der Waals surface area contributed by atoms with Gasteiger partial charge in [0.05, 0.1) is 7.11 Å². The zero-order valence-corrected chi connectivity index (χ0v) is 9.54. The molecule has 0 bridgehead atoms. The van der Waals surface area contributed by atoms with Gasteiger partial charge in [0.25, 0.3) is 0 Å². The van der Waals surface area contributed by atoms with Crippen LogP contribution in [0.25, 0.3) is 11.1 Å². The first kappa shape index (κ1) is 10.6. The molecule has 5 heteroatoms. The van der Waals surface area contributed by atoms with Crippen molar-refractivity contribution in [1.82, 2.24) is 9.97 Å². The number of ether oxygens (including phenoxy) is 1. The lowest BCUT2D eigenvalue weighted by Crippen LogP contribution is -1.96. The van der Waals surface area contributed by atoms with E-state index >= 15 is 0 Å². The maximum atomic E-state index is 5.83. The zero-order chi connectivity index (χ0) is 11.5. The summed E-state index contributed by atoms with van der Waals surface area (Å²) in [7, 11) is 1.63. The van der Waals surface area contributed by atoms with Gasteiger partial charge in [0.2, 0.25) is 0 Å². The fourth-order valence-corrected chi connectivity index (χ4v) is 1.57. The van der Waals surface area contributed by atoms with Gasteiger partial charge in [0.15, 0.2) is 4.77 Å². The average Bonchev–Trinajstić information content (AvgIpc) is 2.29. The van der Waals surface area contributed by atoms with Crippen LogP contribution in [0.15, 0.2) is 30.5 Å². The van der Waals surface area contributed by atoms with E-state index in [4.69, 9.17) is 22.7 Å². The molecule has 0 saturated carbocycles. The Labute approximate surface area is 98.1 Å². The first-order chi connectivity index (χ1) is 7.70. The quantitative estimate of drug-likeness (QED) is 0.782. The lowest BCUT2D eigenvalue weighted by atomic mass is 10.1. The van der Waals surface area contributed by atoms with Crippen LogP contribution in [0.3, 0.4) is 0 Å². The van der Waals surface area contributed by atoms with E-state index in [9.17, 15) is 0 Å². The van der Waals surface area contributed by atoms with Crippen LogP contribution in [0.1, 0.15) is 0 Å². The highest BCUT2D eigenvalue weighted by Gasteiger charge is 2.03. The Morgan fingerprint density at radius 1 is 1.31 bits per heavy atom. The number of methoxy groups -OCH3 is 1. The molecule has 2 aromatic rings. The van der Waals surface area contributed by atoms with Crippen molar-refractivity contribution in [1.29, 1.82) is 0 Å². The molecule has 0 atom stereocenters. The number of aromatic nitrogens is 2. The van der Waals surface area contributed by atoms with E-state index in [1.165, 1.54) is 0 Å². The second kappa shape index (κ2) is 4.32. The largest absolute Gasteiger partial charge is 0.497 e. The fourth-order valence-electron chi connectivity index (χ4n) is 1.41. The molecule has 0 saturated heterocycles. The monoisotopic (exact) mass is 233 g/mol. The van der Waals surface area contributed by atoms with Crippen LogP contribution < -0.4 is 10.5 Å². The summed E-state index contributed by atoms with van der Waals surface area (Å²) in [6.45, 7) is 0. The van der Waals surface area contributed by atoms with Crippen LogP contribution in [0.4, 0.5) is 5.82 Å². The number of anilines is 1. The summed E-state index contributed by atoms with van der Waals surface area (Å²) < 4.78 is 5.47. The van der Waals surface area contributed by atoms with Gasteiger partial charge in [-0.2, -0.15) is 0 Å². The molecule has 16 heavy (non-hydrogen) atoms. The Bertz CT molecular complexity index is 548. The molecule has 0 radical (unpaired) electrons. The number of nitrogens with two attached hydrogens (primary N) is 1. The summed E-state index contributed by atoms with van der Waals surface area (Å²) in [6.07, 6.45) is 1.66. The molecule has 1 aromatic heterocycles. The Morgan fingerprint density at radius 3 is 2.56 bits per heavy atom. The van der Waals surface area contributed by atoms with E-state index in [-0.39, 0.29) is 0 Å². The first-order valence-electron chi connectivity index (χ1n) is 4.70. The van der Waals surface area contributed by atoms with E-state index in [0.29, 0.717) is 10.6 Å². The summed E-state index contributed by atoms with van der Waals surface area (Å²) in [6, 6.07) is 7.58. The molecule has 0 amide bonds. The predicted octanol–water partition coefficient (Wildman–Crippen LogP) is 2.40. The minimum atomic E-state index is 0.384. The molecule has 0 fully saturated rings. The van der Waals surface area contributed by atoms with Crippen molar-refractivity contribution in [2.45, 2.75) is 0 Å². The van der Waals surface area contributed by atoms with Gasteiger partial charge in [0, 0.05) is 11.8 Å². The van der Waals surface area contributed by atoms with Crippen LogP contribution >= 0.6 is 12.2 Å². The van der Waals surface area contributed by atoms with E-state index in [0.717, 1.165) is 16.9 Å². The molecule has 2 rings (SSSR count). The molecular formula is C11H11N3OS. The number of aromatic amines is 1. The highest BCUT2D eigenvalue weighted by molar-refractivity contribution is 7.71. The predicted molar refractivity (Wildman–Crippen MR) is 65.8 cm³/mol. The normalized spacial score (nSPS) is 10.1. The number of nitrogens with zero attached hydrogens (tertiary/aromatic N) is 1. The molecule has 0 aliphatic heterocycles. The van der Waals surface area contributed by atoms with E-state index in [2.05, 4.69) is 9.97 Å². The lowest BCUT2D eigenvalue weighted by molar-refractivity contribution is 0.415. The van der Waals surface area contributed by atoms with Gasteiger partial charge in [-0.25, -0.2) is 4.98 Å². The molecule has 4 nitrogen and oxygen atoms in total. The van der Waals surface area contributed by atoms with Crippen molar-refractivity contribution >= 4 is 18.0 Å². The maximum absolute atomic E-state index is 5.83. The molecule has 1 heterocycles. The molecule has 82 valence electrons. The number of benzene rings is 1. The lowest BCUT2D eigenvalue weighted by Gasteiger charge is -2.05. The molecule has 3 N–H and O–H groups in total. The number of nitrogens with one attached hydrogen (secondary N) is 1. The van der Waals surface area contributed by atoms with Crippen LogP contribution in [0.5, 0.6) is 5.75 Å². The standard InChI is InChI=1S/C11H11N3OS/c1-15-8-4-2-7(3-5-8)9-6-13-11(16)14-10(9)12/h2-6H,1H3,(H3,12,13,14,16). The number of rotatable bonds is 2. The maximum Gasteiger partial charge on any atom is 0.198 e. The minimum absolute atomic E-state index is 0.384. The van der Waals surface area contributed by atoms with Crippen molar-refractivity contribution in [2.24, 2.45) is 0 Å². The number of hydrogen-bond acceptors (Lipinski definition) is 4. The van der Waals surface area contributed by atoms with Crippen LogP contribution in [0.2, 0.25) is 0 Å². The molecule has 0 aliphatic rings. The van der Waals surface area contributed by atoms with Gasteiger partial charge in [0.1, 0.15) is 11.6 Å². The minimum Gasteiger partial charge on any atom is -0.497 e. The Balaban J connectivity index is 2.46. The summed E-state index contributed by atoms with van der Waals surface area (Å²) in [5.74, 6) is 1.32. The summed E-state index contributed by atoms with van der Waals surface area (Å²) in [4.78, 5) is 6.82. The summed E-state index contributed by atoms with van der Waals surface area (Å²) in [5.41, 5.74) is 7.63. The second-order valence-corrected chi connectivity index (χ2v) is 3.63. The fraction of sp³-hybridized carbons (Fsp3) is 0.0909. The third kappa shape index (κ3) is 2.04. The number of hydrogen-bond donors (Lipinski definition) is 2. The highest BCUT2D eigenvalue weighted by atomic mass is 32.1. The van der Waals surface area contributed by atoms with Crippen molar-refractivity contribution < 1.29 is 4.74 Å². The van der Waals surface area contributed by atoms with Crippen molar-refractivity contribution in [2.75, 3.05) is 12.8 Å². The summed E-state index contributed by atoms with van der Waals surface area (Å²) >= 11 is 4.88. The van der Waals surface area contributed by atoms with E-state index in [1.54, 1.807) is 13.3 Å². The van der Waals surface area contributed by atoms with Gasteiger partial charge in [-0.1, -0.05) is 12.1 Å². The van der Waals surface area contributed by atoms with Gasteiger partial charge >= 0.3 is 0 Å². The van der Waals surface area contributed by atoms with Crippen molar-refractivity contribution in [3.63, 3.8) is 0 Å². The van der Waals surface area contributed by atoms with E-state index in [1.807, 2.05) is 24.3 Å². The average molecular weight is 233 g/mol.